The fourth-order valence-corrected chi connectivity index (χ4v) is 3.74. The van der Waals surface area contributed by atoms with Gasteiger partial charge in [0.15, 0.2) is 5.76 Å². The van der Waals surface area contributed by atoms with Crippen molar-refractivity contribution in [2.75, 3.05) is 19.1 Å². The number of hydrogen-bond donors (Lipinski definition) is 1. The van der Waals surface area contributed by atoms with Crippen LogP contribution in [0.15, 0.2) is 78.5 Å². The molecule has 1 saturated heterocycles. The quantitative estimate of drug-likeness (QED) is 0.364. The van der Waals surface area contributed by atoms with Gasteiger partial charge < -0.3 is 19.5 Å². The Morgan fingerprint density at radius 1 is 0.938 bits per heavy atom. The minimum absolute atomic E-state index is 0.181. The molecule has 1 heterocycles. The van der Waals surface area contributed by atoms with Crippen molar-refractivity contribution >= 4 is 23.0 Å². The Labute approximate surface area is 184 Å². The summed E-state index contributed by atoms with van der Waals surface area (Å²) in [6.07, 6.45) is 0. The Bertz CT molecular complexity index is 1200. The van der Waals surface area contributed by atoms with Gasteiger partial charge in [-0.15, -0.1) is 0 Å². The van der Waals surface area contributed by atoms with Crippen molar-refractivity contribution in [3.63, 3.8) is 0 Å². The number of halogens is 1. The van der Waals surface area contributed by atoms with Crippen LogP contribution in [0.1, 0.15) is 17.2 Å². The number of carbonyl (C=O) groups excluding carboxylic acids is 2. The molecule has 1 atom stereocenters. The number of anilines is 1. The molecule has 0 aliphatic carbocycles. The fraction of sp³-hybridized carbons (Fsp3) is 0.120. The number of aliphatic hydroxyl groups excluding tert-OH is 1. The van der Waals surface area contributed by atoms with Gasteiger partial charge in [-0.3, -0.25) is 9.59 Å². The lowest BCUT2D eigenvalue weighted by Crippen LogP contribution is -2.25. The standard InChI is InChI=1S/C25H20FNO5/c1-31-18-12-13-19(20(14-18)32-2)27-21(15-8-10-17(26)11-9-15)24(29)25(30)22(27)23(28)16-6-4-3-5-7-16/h3-14,21,28H,1-2H3/b23-22-. The third-order valence-corrected chi connectivity index (χ3v) is 5.29. The molecule has 1 aliphatic rings. The van der Waals surface area contributed by atoms with Gasteiger partial charge in [-0.25, -0.2) is 4.39 Å². The summed E-state index contributed by atoms with van der Waals surface area (Å²) in [4.78, 5) is 27.7. The molecule has 32 heavy (non-hydrogen) atoms. The van der Waals surface area contributed by atoms with Crippen LogP contribution in [0.4, 0.5) is 10.1 Å². The van der Waals surface area contributed by atoms with E-state index in [1.807, 2.05) is 0 Å². The van der Waals surface area contributed by atoms with E-state index in [9.17, 15) is 19.1 Å². The highest BCUT2D eigenvalue weighted by Crippen LogP contribution is 2.45. The Kier molecular flexibility index (Phi) is 5.64. The number of hydrogen-bond acceptors (Lipinski definition) is 6. The van der Waals surface area contributed by atoms with E-state index < -0.39 is 23.4 Å². The van der Waals surface area contributed by atoms with Gasteiger partial charge >= 0.3 is 0 Å². The lowest BCUT2D eigenvalue weighted by atomic mass is 10.0. The number of Topliss-reactive ketones (excluding diaryl/α,β-unsaturated/α-hetero) is 2. The van der Waals surface area contributed by atoms with E-state index in [2.05, 4.69) is 0 Å². The summed E-state index contributed by atoms with van der Waals surface area (Å²) in [7, 11) is 2.95. The first-order chi connectivity index (χ1) is 15.5. The zero-order valence-corrected chi connectivity index (χ0v) is 17.4. The van der Waals surface area contributed by atoms with Crippen LogP contribution in [0.5, 0.6) is 11.5 Å². The van der Waals surface area contributed by atoms with Crippen LogP contribution in [-0.4, -0.2) is 30.9 Å². The van der Waals surface area contributed by atoms with E-state index in [-0.39, 0.29) is 11.5 Å². The summed E-state index contributed by atoms with van der Waals surface area (Å²) >= 11 is 0. The minimum atomic E-state index is -1.11. The number of rotatable bonds is 5. The summed E-state index contributed by atoms with van der Waals surface area (Å²) in [5.41, 5.74) is 0.970. The topological polar surface area (TPSA) is 76.1 Å². The average molecular weight is 433 g/mol. The lowest BCUT2D eigenvalue weighted by Gasteiger charge is -2.28. The second-order valence-electron chi connectivity index (χ2n) is 7.12. The van der Waals surface area contributed by atoms with Crippen molar-refractivity contribution in [1.29, 1.82) is 0 Å². The van der Waals surface area contributed by atoms with Gasteiger partial charge in [0.1, 0.15) is 29.1 Å². The zero-order chi connectivity index (χ0) is 22.8. The molecule has 0 saturated carbocycles. The van der Waals surface area contributed by atoms with Gasteiger partial charge in [0.25, 0.3) is 5.78 Å². The second-order valence-corrected chi connectivity index (χ2v) is 7.12. The Morgan fingerprint density at radius 3 is 2.25 bits per heavy atom. The van der Waals surface area contributed by atoms with Gasteiger partial charge in [0.2, 0.25) is 5.78 Å². The van der Waals surface area contributed by atoms with Gasteiger partial charge in [-0.05, 0) is 29.8 Å². The molecule has 3 aromatic rings. The normalized spacial score (nSPS) is 17.5. The van der Waals surface area contributed by atoms with Crippen LogP contribution in [0, 0.1) is 5.82 Å². The monoisotopic (exact) mass is 433 g/mol. The number of nitrogens with zero attached hydrogens (tertiary/aromatic N) is 1. The first-order valence-electron chi connectivity index (χ1n) is 9.80. The number of ether oxygens (including phenoxy) is 2. The van der Waals surface area contributed by atoms with Gasteiger partial charge in [0, 0.05) is 11.6 Å². The molecule has 1 N–H and O–H groups in total. The molecule has 4 rings (SSSR count). The highest BCUT2D eigenvalue weighted by Gasteiger charge is 2.48. The summed E-state index contributed by atoms with van der Waals surface area (Å²) in [5, 5.41) is 11.1. The van der Waals surface area contributed by atoms with Crippen LogP contribution in [0.25, 0.3) is 5.76 Å². The van der Waals surface area contributed by atoms with Crippen LogP contribution >= 0.6 is 0 Å². The highest BCUT2D eigenvalue weighted by molar-refractivity contribution is 6.50. The predicted octanol–water partition coefficient (Wildman–Crippen LogP) is 4.47. The summed E-state index contributed by atoms with van der Waals surface area (Å²) in [6, 6.07) is 17.6. The predicted molar refractivity (Wildman–Crippen MR) is 117 cm³/mol. The van der Waals surface area contributed by atoms with Crippen molar-refractivity contribution in [1.82, 2.24) is 0 Å². The summed E-state index contributed by atoms with van der Waals surface area (Å²) in [5.74, 6) is -1.56. The maximum absolute atomic E-state index is 13.5. The first-order valence-corrected chi connectivity index (χ1v) is 9.80. The van der Waals surface area contributed by atoms with Gasteiger partial charge in [-0.1, -0.05) is 42.5 Å². The number of benzene rings is 3. The SMILES string of the molecule is COc1ccc(N2/C(=C(\O)c3ccccc3)C(=O)C(=O)C2c2ccc(F)cc2)c(OC)c1. The molecular weight excluding hydrogens is 413 g/mol. The number of ketones is 2. The zero-order valence-electron chi connectivity index (χ0n) is 17.4. The van der Waals surface area contributed by atoms with Crippen LogP contribution in [0.3, 0.4) is 0 Å². The maximum Gasteiger partial charge on any atom is 0.251 e. The fourth-order valence-electron chi connectivity index (χ4n) is 3.74. The van der Waals surface area contributed by atoms with Crippen molar-refractivity contribution in [2.24, 2.45) is 0 Å². The molecule has 1 fully saturated rings. The lowest BCUT2D eigenvalue weighted by molar-refractivity contribution is -0.133. The Hall–Kier alpha value is -4.13. The van der Waals surface area contributed by atoms with Crippen molar-refractivity contribution in [3.05, 3.63) is 95.4 Å². The van der Waals surface area contributed by atoms with Crippen LogP contribution < -0.4 is 14.4 Å². The molecule has 6 nitrogen and oxygen atoms in total. The van der Waals surface area contributed by atoms with E-state index in [4.69, 9.17) is 9.47 Å². The number of methoxy groups -OCH3 is 2. The molecule has 1 unspecified atom stereocenters. The van der Waals surface area contributed by atoms with E-state index in [1.165, 1.54) is 43.4 Å². The van der Waals surface area contributed by atoms with E-state index in [0.717, 1.165) is 0 Å². The minimum Gasteiger partial charge on any atom is -0.505 e. The van der Waals surface area contributed by atoms with Crippen molar-refractivity contribution in [3.8, 4) is 11.5 Å². The number of allylic oxidation sites excluding steroid dienone is 1. The van der Waals surface area contributed by atoms with Gasteiger partial charge in [0.05, 0.1) is 19.9 Å². The molecule has 0 spiro atoms. The second kappa shape index (κ2) is 8.55. The molecule has 0 aromatic heterocycles. The molecule has 7 heteroatoms. The molecule has 1 aliphatic heterocycles. The maximum atomic E-state index is 13.5. The third kappa shape index (κ3) is 3.58. The molecule has 3 aromatic carbocycles. The van der Waals surface area contributed by atoms with E-state index >= 15 is 0 Å². The molecule has 0 radical (unpaired) electrons. The smallest absolute Gasteiger partial charge is 0.251 e. The highest BCUT2D eigenvalue weighted by atomic mass is 19.1. The average Bonchev–Trinajstić information content (AvgIpc) is 3.09. The molecule has 162 valence electrons. The van der Waals surface area contributed by atoms with E-state index in [1.54, 1.807) is 48.5 Å². The molecule has 0 amide bonds. The number of aliphatic hydroxyl groups is 1. The Morgan fingerprint density at radius 2 is 1.62 bits per heavy atom. The largest absolute Gasteiger partial charge is 0.505 e. The third-order valence-electron chi connectivity index (χ3n) is 5.29. The molecule has 0 bridgehead atoms. The van der Waals surface area contributed by atoms with Crippen molar-refractivity contribution in [2.45, 2.75) is 6.04 Å². The van der Waals surface area contributed by atoms with Crippen LogP contribution in [0.2, 0.25) is 0 Å². The summed E-state index contributed by atoms with van der Waals surface area (Å²) in [6.45, 7) is 0. The number of carbonyl (C=O) groups is 2. The molecular formula is C25H20FNO5. The summed E-state index contributed by atoms with van der Waals surface area (Å²) < 4.78 is 24.3. The Balaban J connectivity index is 1.99. The van der Waals surface area contributed by atoms with Crippen molar-refractivity contribution < 1.29 is 28.6 Å². The van der Waals surface area contributed by atoms with E-state index in [0.29, 0.717) is 28.3 Å². The van der Waals surface area contributed by atoms with Gasteiger partial charge in [-0.2, -0.15) is 0 Å². The first kappa shape index (κ1) is 21.1. The van der Waals surface area contributed by atoms with Crippen LogP contribution in [-0.2, 0) is 9.59 Å².